The Kier molecular flexibility index (Phi) is 5.76. The molecule has 1 rings (SSSR count). The van der Waals surface area contributed by atoms with Crippen LogP contribution in [0.1, 0.15) is 32.8 Å². The molecule has 1 aromatic rings. The van der Waals surface area contributed by atoms with E-state index in [-0.39, 0.29) is 23.9 Å². The molecule has 0 saturated carbocycles. The summed E-state index contributed by atoms with van der Waals surface area (Å²) in [6.45, 7) is 5.81. The number of nitrogens with one attached hydrogen (secondary N) is 1. The van der Waals surface area contributed by atoms with Gasteiger partial charge in [0.2, 0.25) is 11.8 Å². The van der Waals surface area contributed by atoms with Crippen molar-refractivity contribution in [2.45, 2.75) is 39.2 Å². The first-order valence-corrected chi connectivity index (χ1v) is 7.07. The number of nitrogen functional groups attached to an aromatic ring is 1. The van der Waals surface area contributed by atoms with E-state index in [1.165, 1.54) is 4.90 Å². The van der Waals surface area contributed by atoms with E-state index in [0.717, 1.165) is 5.56 Å². The fourth-order valence-corrected chi connectivity index (χ4v) is 1.89. The fraction of sp³-hybridized carbons (Fsp3) is 0.500. The Morgan fingerprint density at radius 2 is 1.76 bits per heavy atom. The van der Waals surface area contributed by atoms with E-state index >= 15 is 0 Å². The van der Waals surface area contributed by atoms with Gasteiger partial charge in [-0.1, -0.05) is 12.1 Å². The second-order valence-electron chi connectivity index (χ2n) is 6.29. The summed E-state index contributed by atoms with van der Waals surface area (Å²) in [5.41, 5.74) is 7.10. The molecule has 21 heavy (non-hydrogen) atoms. The number of likely N-dealkylation sites (N-methyl/N-ethyl adjacent to an activating group) is 1. The van der Waals surface area contributed by atoms with Gasteiger partial charge in [0.1, 0.15) is 0 Å². The van der Waals surface area contributed by atoms with Crippen molar-refractivity contribution in [3.05, 3.63) is 29.8 Å². The zero-order valence-corrected chi connectivity index (χ0v) is 13.3. The number of aryl methyl sites for hydroxylation is 1. The standard InChI is InChI=1S/C16H25N3O2/c1-16(2,3)18-14(20)11-19(4)15(21)10-7-12-5-8-13(17)9-6-12/h5-6,8-9H,7,10-11,17H2,1-4H3,(H,18,20). The van der Waals surface area contributed by atoms with Crippen LogP contribution >= 0.6 is 0 Å². The van der Waals surface area contributed by atoms with Crippen molar-refractivity contribution in [2.75, 3.05) is 19.3 Å². The molecule has 0 aliphatic heterocycles. The number of hydrogen-bond acceptors (Lipinski definition) is 3. The lowest BCUT2D eigenvalue weighted by molar-refractivity contribution is -0.135. The third kappa shape index (κ3) is 6.79. The number of carbonyl (C=O) groups is 2. The molecule has 1 aromatic carbocycles. The highest BCUT2D eigenvalue weighted by Gasteiger charge is 2.17. The van der Waals surface area contributed by atoms with Gasteiger partial charge >= 0.3 is 0 Å². The van der Waals surface area contributed by atoms with Crippen molar-refractivity contribution in [3.8, 4) is 0 Å². The Bertz CT molecular complexity index is 489. The van der Waals surface area contributed by atoms with Crippen LogP contribution in [0.2, 0.25) is 0 Å². The van der Waals surface area contributed by atoms with Crippen LogP contribution in [0, 0.1) is 0 Å². The predicted molar refractivity (Wildman–Crippen MR) is 84.7 cm³/mol. The number of nitrogens with zero attached hydrogens (tertiary/aromatic N) is 1. The average molecular weight is 291 g/mol. The van der Waals surface area contributed by atoms with E-state index in [9.17, 15) is 9.59 Å². The normalized spacial score (nSPS) is 11.0. The first-order chi connectivity index (χ1) is 9.67. The highest BCUT2D eigenvalue weighted by molar-refractivity contribution is 5.85. The first-order valence-electron chi connectivity index (χ1n) is 7.07. The Morgan fingerprint density at radius 1 is 1.19 bits per heavy atom. The molecule has 2 amide bonds. The van der Waals surface area contributed by atoms with Crippen LogP contribution in [0.15, 0.2) is 24.3 Å². The second-order valence-corrected chi connectivity index (χ2v) is 6.29. The number of carbonyl (C=O) groups excluding carboxylic acids is 2. The summed E-state index contributed by atoms with van der Waals surface area (Å²) in [6, 6.07) is 7.46. The van der Waals surface area contributed by atoms with Gasteiger partial charge in [-0.3, -0.25) is 9.59 Å². The first kappa shape index (κ1) is 17.0. The minimum absolute atomic E-state index is 0.0455. The highest BCUT2D eigenvalue weighted by Crippen LogP contribution is 2.08. The lowest BCUT2D eigenvalue weighted by atomic mass is 10.1. The molecule has 3 N–H and O–H groups in total. The van der Waals surface area contributed by atoms with E-state index in [1.807, 2.05) is 45.0 Å². The molecular weight excluding hydrogens is 266 g/mol. The summed E-state index contributed by atoms with van der Waals surface area (Å²) in [7, 11) is 1.65. The Balaban J connectivity index is 2.40. The number of nitrogens with two attached hydrogens (primary N) is 1. The molecule has 0 radical (unpaired) electrons. The van der Waals surface area contributed by atoms with Crippen molar-refractivity contribution >= 4 is 17.5 Å². The maximum absolute atomic E-state index is 12.0. The molecule has 0 unspecified atom stereocenters. The molecule has 0 saturated heterocycles. The van der Waals surface area contributed by atoms with Gasteiger partial charge < -0.3 is 16.0 Å². The van der Waals surface area contributed by atoms with Gasteiger partial charge in [-0.25, -0.2) is 0 Å². The maximum atomic E-state index is 12.0. The minimum Gasteiger partial charge on any atom is -0.399 e. The average Bonchev–Trinajstić information content (AvgIpc) is 2.35. The van der Waals surface area contributed by atoms with Crippen LogP contribution in [-0.2, 0) is 16.0 Å². The molecule has 0 aliphatic carbocycles. The van der Waals surface area contributed by atoms with Gasteiger partial charge in [0.15, 0.2) is 0 Å². The molecule has 0 atom stereocenters. The molecule has 116 valence electrons. The van der Waals surface area contributed by atoms with E-state index in [4.69, 9.17) is 5.73 Å². The Labute approximate surface area is 126 Å². The van der Waals surface area contributed by atoms with Crippen LogP contribution < -0.4 is 11.1 Å². The van der Waals surface area contributed by atoms with Crippen molar-refractivity contribution in [1.29, 1.82) is 0 Å². The summed E-state index contributed by atoms with van der Waals surface area (Å²) >= 11 is 0. The number of amides is 2. The Morgan fingerprint density at radius 3 is 2.29 bits per heavy atom. The van der Waals surface area contributed by atoms with E-state index < -0.39 is 0 Å². The largest absolute Gasteiger partial charge is 0.399 e. The summed E-state index contributed by atoms with van der Waals surface area (Å²) in [5.74, 6) is -0.193. The molecule has 0 fully saturated rings. The fourth-order valence-electron chi connectivity index (χ4n) is 1.89. The molecule has 0 aromatic heterocycles. The zero-order chi connectivity index (χ0) is 16.0. The van der Waals surface area contributed by atoms with E-state index in [2.05, 4.69) is 5.32 Å². The molecule has 0 heterocycles. The van der Waals surface area contributed by atoms with Crippen molar-refractivity contribution in [1.82, 2.24) is 10.2 Å². The SMILES string of the molecule is CN(CC(=O)NC(C)(C)C)C(=O)CCc1ccc(N)cc1. The number of rotatable bonds is 5. The second kappa shape index (κ2) is 7.11. The minimum atomic E-state index is -0.287. The third-order valence-electron chi connectivity index (χ3n) is 2.93. The van der Waals surface area contributed by atoms with Gasteiger partial charge in [-0.15, -0.1) is 0 Å². The van der Waals surface area contributed by atoms with Crippen LogP contribution in [-0.4, -0.2) is 35.8 Å². The van der Waals surface area contributed by atoms with Crippen molar-refractivity contribution < 1.29 is 9.59 Å². The lowest BCUT2D eigenvalue weighted by Crippen LogP contribution is -2.46. The summed E-state index contributed by atoms with van der Waals surface area (Å²) in [6.07, 6.45) is 1.02. The van der Waals surface area contributed by atoms with Crippen molar-refractivity contribution in [3.63, 3.8) is 0 Å². The van der Waals surface area contributed by atoms with Crippen LogP contribution in [0.5, 0.6) is 0 Å². The highest BCUT2D eigenvalue weighted by atomic mass is 16.2. The van der Waals surface area contributed by atoms with Gasteiger partial charge in [0.25, 0.3) is 0 Å². The maximum Gasteiger partial charge on any atom is 0.240 e. The monoisotopic (exact) mass is 291 g/mol. The predicted octanol–water partition coefficient (Wildman–Crippen LogP) is 1.57. The molecular formula is C16H25N3O2. The number of hydrogen-bond donors (Lipinski definition) is 2. The topological polar surface area (TPSA) is 75.4 Å². The number of benzene rings is 1. The number of anilines is 1. The smallest absolute Gasteiger partial charge is 0.240 e. The van der Waals surface area contributed by atoms with Crippen LogP contribution in [0.3, 0.4) is 0 Å². The van der Waals surface area contributed by atoms with Gasteiger partial charge in [0, 0.05) is 24.7 Å². The third-order valence-corrected chi connectivity index (χ3v) is 2.93. The van der Waals surface area contributed by atoms with E-state index in [0.29, 0.717) is 18.5 Å². The molecule has 0 aliphatic rings. The molecule has 0 bridgehead atoms. The molecule has 5 nitrogen and oxygen atoms in total. The molecule has 5 heteroatoms. The summed E-state index contributed by atoms with van der Waals surface area (Å²) < 4.78 is 0. The zero-order valence-electron chi connectivity index (χ0n) is 13.3. The van der Waals surface area contributed by atoms with Crippen LogP contribution in [0.25, 0.3) is 0 Å². The van der Waals surface area contributed by atoms with Gasteiger partial charge in [-0.2, -0.15) is 0 Å². The van der Waals surface area contributed by atoms with Gasteiger partial charge in [-0.05, 0) is 44.9 Å². The van der Waals surface area contributed by atoms with Gasteiger partial charge in [0.05, 0.1) is 6.54 Å². The van der Waals surface area contributed by atoms with E-state index in [1.54, 1.807) is 7.05 Å². The summed E-state index contributed by atoms with van der Waals surface area (Å²) in [4.78, 5) is 25.2. The lowest BCUT2D eigenvalue weighted by Gasteiger charge is -2.23. The Hall–Kier alpha value is -2.04. The summed E-state index contributed by atoms with van der Waals surface area (Å²) in [5, 5.41) is 2.84. The van der Waals surface area contributed by atoms with Crippen molar-refractivity contribution in [2.24, 2.45) is 0 Å². The quantitative estimate of drug-likeness (QED) is 0.809. The molecule has 0 spiro atoms. The van der Waals surface area contributed by atoms with Crippen LogP contribution in [0.4, 0.5) is 5.69 Å².